The first-order valence-electron chi connectivity index (χ1n) is 8.80. The molecule has 0 bridgehead atoms. The van der Waals surface area contributed by atoms with Crippen molar-refractivity contribution in [2.24, 2.45) is 0 Å². The first-order valence-corrected chi connectivity index (χ1v) is 8.80. The van der Waals surface area contributed by atoms with E-state index in [-0.39, 0.29) is 0 Å². The molecular weight excluding hydrogens is 282 g/mol. The van der Waals surface area contributed by atoms with Gasteiger partial charge in [-0.15, -0.1) is 0 Å². The van der Waals surface area contributed by atoms with E-state index >= 15 is 0 Å². The minimum absolute atomic E-state index is 0.353. The molecule has 0 aromatic heterocycles. The van der Waals surface area contributed by atoms with Gasteiger partial charge in [0.15, 0.2) is 0 Å². The van der Waals surface area contributed by atoms with E-state index in [9.17, 15) is 0 Å². The molecule has 0 unspecified atom stereocenters. The maximum atomic E-state index is 2.33. The van der Waals surface area contributed by atoms with Crippen LogP contribution in [0.15, 0.2) is 54.6 Å². The summed E-state index contributed by atoms with van der Waals surface area (Å²) in [5, 5.41) is 0. The number of fused-ring (bicyclic) bond motifs is 2. The van der Waals surface area contributed by atoms with Gasteiger partial charge in [-0.2, -0.15) is 0 Å². The van der Waals surface area contributed by atoms with Crippen molar-refractivity contribution in [2.45, 2.75) is 27.2 Å². The predicted molar refractivity (Wildman–Crippen MR) is 106 cm³/mol. The summed E-state index contributed by atoms with van der Waals surface area (Å²) in [7, 11) is 0. The Morgan fingerprint density at radius 2 is 1.46 bits per heavy atom. The summed E-state index contributed by atoms with van der Waals surface area (Å²) in [6.07, 6.45) is 1.05. The third-order valence-electron chi connectivity index (χ3n) is 5.48. The Morgan fingerprint density at radius 3 is 2.21 bits per heavy atom. The Labute approximate surface area is 154 Å². The summed E-state index contributed by atoms with van der Waals surface area (Å²) in [6.45, 7) is 7.08. The molecule has 0 amide bonds. The Morgan fingerprint density at radius 1 is 0.792 bits per heavy atom. The molecular formula is C22H20BLi. The topological polar surface area (TPSA) is 0 Å². The average Bonchev–Trinajstić information content (AvgIpc) is 2.53. The maximum absolute atomic E-state index is 2.33. The monoisotopic (exact) mass is 302 g/mol. The van der Waals surface area contributed by atoms with Gasteiger partial charge in [-0.3, -0.25) is 0 Å². The zero-order chi connectivity index (χ0) is 16.8. The molecule has 0 spiro atoms. The van der Waals surface area contributed by atoms with Crippen LogP contribution in [-0.2, 0) is 6.42 Å². The van der Waals surface area contributed by atoms with Crippen LogP contribution in [0.4, 0.5) is 0 Å². The third kappa shape index (κ3) is 2.48. The average molecular weight is 302 g/mol. The van der Waals surface area contributed by atoms with Crippen LogP contribution in [0.3, 0.4) is 0 Å². The molecule has 4 rings (SSSR count). The summed E-state index contributed by atoms with van der Waals surface area (Å²) >= 11 is 2.26. The normalized spacial score (nSPS) is 12.8. The third-order valence-corrected chi connectivity index (χ3v) is 5.48. The van der Waals surface area contributed by atoms with Crippen LogP contribution >= 0.6 is 0 Å². The fourth-order valence-electron chi connectivity index (χ4n) is 4.59. The van der Waals surface area contributed by atoms with Gasteiger partial charge < -0.3 is 0 Å². The van der Waals surface area contributed by atoms with Crippen LogP contribution in [0, 0.1) is 20.8 Å². The van der Waals surface area contributed by atoms with Crippen molar-refractivity contribution < 1.29 is 0 Å². The molecule has 1 aliphatic rings. The summed E-state index contributed by atoms with van der Waals surface area (Å²) in [5.41, 5.74) is 11.6. The summed E-state index contributed by atoms with van der Waals surface area (Å²) in [5.74, 6) is 0. The Hall–Kier alpha value is -1.68. The van der Waals surface area contributed by atoms with E-state index in [0.717, 1.165) is 6.42 Å². The van der Waals surface area contributed by atoms with Crippen molar-refractivity contribution in [1.82, 2.24) is 0 Å². The van der Waals surface area contributed by atoms with Crippen molar-refractivity contribution in [3.05, 3.63) is 82.4 Å². The Balaban J connectivity index is 2.06. The van der Waals surface area contributed by atoms with Gasteiger partial charge in [0.25, 0.3) is 0 Å². The number of aryl methyl sites for hydroxylation is 3. The molecule has 0 atom stereocenters. The molecule has 0 aliphatic carbocycles. The molecule has 2 heteroatoms. The Kier molecular flexibility index (Phi) is 3.95. The van der Waals surface area contributed by atoms with Crippen LogP contribution in [-0.4, -0.2) is 24.4 Å². The van der Waals surface area contributed by atoms with E-state index in [0.29, 0.717) is 6.71 Å². The quantitative estimate of drug-likeness (QED) is 0.471. The summed E-state index contributed by atoms with van der Waals surface area (Å²) in [4.78, 5) is 0. The Bertz CT molecular complexity index is 919. The second kappa shape index (κ2) is 6.00. The molecule has 112 valence electrons. The summed E-state index contributed by atoms with van der Waals surface area (Å²) in [6, 6.07) is 20.4. The van der Waals surface area contributed by atoms with Crippen molar-refractivity contribution in [1.29, 1.82) is 0 Å². The van der Waals surface area contributed by atoms with Gasteiger partial charge in [-0.25, -0.2) is 0 Å². The van der Waals surface area contributed by atoms with Crippen LogP contribution in [0.25, 0.3) is 0 Å². The van der Waals surface area contributed by atoms with E-state index in [1.165, 1.54) is 48.4 Å². The van der Waals surface area contributed by atoms with Crippen LogP contribution in [0.5, 0.6) is 0 Å². The molecule has 1 aliphatic heterocycles. The number of benzene rings is 3. The summed E-state index contributed by atoms with van der Waals surface area (Å²) < 4.78 is 1.41. The van der Waals surface area contributed by atoms with Gasteiger partial charge >= 0.3 is 155 Å². The van der Waals surface area contributed by atoms with Gasteiger partial charge in [0.2, 0.25) is 0 Å². The van der Waals surface area contributed by atoms with E-state index < -0.39 is 0 Å². The molecule has 0 saturated carbocycles. The number of hydrogen-bond acceptors (Lipinski definition) is 0. The molecule has 0 nitrogen and oxygen atoms in total. The molecule has 1 heterocycles. The van der Waals surface area contributed by atoms with Crippen molar-refractivity contribution in [3.8, 4) is 0 Å². The van der Waals surface area contributed by atoms with Crippen molar-refractivity contribution in [3.63, 3.8) is 0 Å². The molecule has 3 aromatic rings. The zero-order valence-corrected chi connectivity index (χ0v) is 15.0. The van der Waals surface area contributed by atoms with Crippen LogP contribution in [0.2, 0.25) is 0 Å². The van der Waals surface area contributed by atoms with Crippen molar-refractivity contribution >= 4 is 45.1 Å². The van der Waals surface area contributed by atoms with Crippen molar-refractivity contribution in [2.75, 3.05) is 0 Å². The second-order valence-corrected chi connectivity index (χ2v) is 7.27. The fourth-order valence-corrected chi connectivity index (χ4v) is 4.59. The number of hydrogen-bond donors (Lipinski definition) is 0. The van der Waals surface area contributed by atoms with Crippen LogP contribution < -0.4 is 20.6 Å². The predicted octanol–water partition coefficient (Wildman–Crippen LogP) is 1.83. The molecule has 24 heavy (non-hydrogen) atoms. The molecule has 0 radical (unpaired) electrons. The molecule has 0 saturated heterocycles. The molecule has 3 aromatic carbocycles. The van der Waals surface area contributed by atoms with Gasteiger partial charge in [0, 0.05) is 0 Å². The first kappa shape index (κ1) is 15.8. The van der Waals surface area contributed by atoms with E-state index in [1.807, 2.05) is 0 Å². The fraction of sp³-hybridized carbons (Fsp3) is 0.182. The number of rotatable bonds is 1. The molecule has 0 N–H and O–H groups in total. The minimum atomic E-state index is 0.353. The van der Waals surface area contributed by atoms with Crippen LogP contribution in [0.1, 0.15) is 27.8 Å². The molecule has 0 fully saturated rings. The standard InChI is InChI=1S/C22H20B.Li/c1-15-12-16(2)22(17(3)13-15)23-20-10-6-4-8-18(20)14-19-9-5-7-11-21(19)23;/h4-10,12-13H,14H2,1-3H3;. The van der Waals surface area contributed by atoms with E-state index in [2.05, 4.69) is 93.1 Å². The second-order valence-electron chi connectivity index (χ2n) is 7.27. The van der Waals surface area contributed by atoms with Gasteiger partial charge in [0.05, 0.1) is 0 Å². The van der Waals surface area contributed by atoms with Gasteiger partial charge in [-0.1, -0.05) is 0 Å². The SMILES string of the molecule is [Li][c]1cccc2c1B(c1c(C)cc(C)cc1C)c1ccccc1C2. The van der Waals surface area contributed by atoms with E-state index in [1.54, 1.807) is 0 Å². The van der Waals surface area contributed by atoms with Gasteiger partial charge in [-0.05, 0) is 0 Å². The first-order chi connectivity index (χ1) is 11.6. The van der Waals surface area contributed by atoms with E-state index in [4.69, 9.17) is 0 Å². The zero-order valence-electron chi connectivity index (χ0n) is 15.0. The van der Waals surface area contributed by atoms with Gasteiger partial charge in [0.1, 0.15) is 0 Å².